The molecule has 0 N–H and O–H groups in total. The molecule has 2 amide bonds. The third-order valence-electron chi connectivity index (χ3n) is 6.21. The second kappa shape index (κ2) is 7.80. The van der Waals surface area contributed by atoms with E-state index in [9.17, 15) is 9.59 Å². The molecule has 3 aromatic rings. The number of carbonyl (C=O) groups excluding carboxylic acids is 2. The Morgan fingerprint density at radius 3 is 2.12 bits per heavy atom. The lowest BCUT2D eigenvalue weighted by Crippen LogP contribution is -2.41. The van der Waals surface area contributed by atoms with E-state index in [0.29, 0.717) is 18.0 Å². The van der Waals surface area contributed by atoms with Gasteiger partial charge in [-0.25, -0.2) is 9.96 Å². The number of anilines is 2. The van der Waals surface area contributed by atoms with Gasteiger partial charge < -0.3 is 4.74 Å². The molecule has 2 heterocycles. The van der Waals surface area contributed by atoms with E-state index >= 15 is 0 Å². The molecule has 3 aromatic carbocycles. The van der Waals surface area contributed by atoms with Crippen LogP contribution >= 0.6 is 0 Å². The number of hydrogen-bond acceptors (Lipinski definition) is 5. The first-order valence-corrected chi connectivity index (χ1v) is 10.7. The molecule has 6 nitrogen and oxygen atoms in total. The normalized spacial score (nSPS) is 24.7. The number of nitrogens with zero attached hydrogens (tertiary/aromatic N) is 2. The third kappa shape index (κ3) is 2.99. The quantitative estimate of drug-likeness (QED) is 0.559. The number of benzene rings is 3. The van der Waals surface area contributed by atoms with Gasteiger partial charge in [0.1, 0.15) is 11.2 Å². The van der Waals surface area contributed by atoms with Crippen molar-refractivity contribution >= 4 is 23.2 Å². The molecule has 0 spiro atoms. The van der Waals surface area contributed by atoms with Gasteiger partial charge >= 0.3 is 0 Å². The van der Waals surface area contributed by atoms with Gasteiger partial charge in [0.15, 0.2) is 6.10 Å². The predicted octanol–water partition coefficient (Wildman–Crippen LogP) is 4.53. The van der Waals surface area contributed by atoms with Crippen LogP contribution < -0.4 is 14.7 Å². The number of hydrogen-bond donors (Lipinski definition) is 0. The number of para-hydroxylation sites is 1. The first-order chi connectivity index (χ1) is 15.6. The van der Waals surface area contributed by atoms with Crippen LogP contribution in [0, 0.1) is 5.41 Å². The van der Waals surface area contributed by atoms with Crippen LogP contribution in [0.3, 0.4) is 0 Å². The Balaban J connectivity index is 1.57. The number of fused-ring (bicyclic) bond motifs is 1. The van der Waals surface area contributed by atoms with Crippen molar-refractivity contribution in [3.05, 3.63) is 90.5 Å². The molecule has 0 aromatic heterocycles. The molecule has 0 aliphatic carbocycles. The second-order valence-electron chi connectivity index (χ2n) is 8.15. The third-order valence-corrected chi connectivity index (χ3v) is 6.21. The first kappa shape index (κ1) is 20.3. The van der Waals surface area contributed by atoms with E-state index in [2.05, 4.69) is 0 Å². The summed E-state index contributed by atoms with van der Waals surface area (Å²) >= 11 is 0. The van der Waals surface area contributed by atoms with E-state index < -0.39 is 17.6 Å². The van der Waals surface area contributed by atoms with Crippen LogP contribution in [0.1, 0.15) is 25.5 Å². The van der Waals surface area contributed by atoms with Crippen molar-refractivity contribution in [1.82, 2.24) is 0 Å². The Hall–Kier alpha value is -3.64. The monoisotopic (exact) mass is 428 g/mol. The summed E-state index contributed by atoms with van der Waals surface area (Å²) in [7, 11) is 0. The van der Waals surface area contributed by atoms with Crippen LogP contribution in [0.5, 0.6) is 5.75 Å². The number of rotatable bonds is 5. The second-order valence-corrected chi connectivity index (χ2v) is 8.15. The molecule has 2 fully saturated rings. The largest absolute Gasteiger partial charge is 0.494 e. The Labute approximate surface area is 186 Å². The summed E-state index contributed by atoms with van der Waals surface area (Å²) in [6.07, 6.45) is -0.924. The number of hydroxylamine groups is 1. The zero-order valence-electron chi connectivity index (χ0n) is 18.0. The van der Waals surface area contributed by atoms with E-state index in [1.54, 1.807) is 29.3 Å². The lowest BCUT2D eigenvalue weighted by atomic mass is 9.76. The number of carbonyl (C=O) groups is 2. The van der Waals surface area contributed by atoms with Crippen molar-refractivity contribution in [2.75, 3.05) is 16.6 Å². The van der Waals surface area contributed by atoms with Gasteiger partial charge in [-0.1, -0.05) is 48.5 Å². The topological polar surface area (TPSA) is 59.1 Å². The van der Waals surface area contributed by atoms with Gasteiger partial charge in [0.2, 0.25) is 5.91 Å². The highest BCUT2D eigenvalue weighted by atomic mass is 16.7. The molecule has 0 saturated carbocycles. The van der Waals surface area contributed by atoms with Crippen molar-refractivity contribution in [1.29, 1.82) is 0 Å². The van der Waals surface area contributed by atoms with E-state index in [1.165, 1.54) is 4.90 Å². The molecular formula is C26H24N2O4. The Bertz CT molecular complexity index is 1130. The van der Waals surface area contributed by atoms with Crippen LogP contribution in [0.25, 0.3) is 0 Å². The minimum atomic E-state index is -1.09. The molecule has 0 bridgehead atoms. The number of imide groups is 1. The Kier molecular flexibility index (Phi) is 4.94. The fourth-order valence-electron chi connectivity index (χ4n) is 4.66. The summed E-state index contributed by atoms with van der Waals surface area (Å²) in [6.45, 7) is 4.28. The molecule has 0 radical (unpaired) electrons. The molecule has 6 heteroatoms. The molecule has 0 unspecified atom stereocenters. The predicted molar refractivity (Wildman–Crippen MR) is 121 cm³/mol. The van der Waals surface area contributed by atoms with Crippen LogP contribution in [0.2, 0.25) is 0 Å². The minimum Gasteiger partial charge on any atom is -0.494 e. The highest BCUT2D eigenvalue weighted by molar-refractivity contribution is 6.25. The Morgan fingerprint density at radius 1 is 0.875 bits per heavy atom. The highest BCUT2D eigenvalue weighted by Gasteiger charge is 2.68. The maximum Gasteiger partial charge on any atom is 0.266 e. The van der Waals surface area contributed by atoms with Crippen molar-refractivity contribution in [2.45, 2.75) is 26.0 Å². The zero-order valence-corrected chi connectivity index (χ0v) is 18.0. The van der Waals surface area contributed by atoms with Crippen molar-refractivity contribution in [3.63, 3.8) is 0 Å². The SMILES string of the molecule is CCOc1ccc(N2C(=O)[C@H]3ON(c4ccccc4)[C@@H](c4ccccc4)[C@@]3(C)C2=O)cc1. The standard InChI is InChI=1S/C26H24N2O4/c1-3-31-21-16-14-19(15-17-21)27-24(29)23-26(2,25(27)30)22(18-10-6-4-7-11-18)28(32-23)20-12-8-5-9-13-20/h4-17,22-23H,3H2,1-2H3/t22-,23+,26+/m0/s1. The molecule has 32 heavy (non-hydrogen) atoms. The zero-order chi connectivity index (χ0) is 22.3. The molecule has 2 aliphatic rings. The molecule has 2 aliphatic heterocycles. The van der Waals surface area contributed by atoms with Gasteiger partial charge in [0, 0.05) is 0 Å². The fourth-order valence-corrected chi connectivity index (χ4v) is 4.66. The van der Waals surface area contributed by atoms with E-state index in [0.717, 1.165) is 11.3 Å². The lowest BCUT2D eigenvalue weighted by molar-refractivity contribution is -0.128. The molecule has 3 atom stereocenters. The summed E-state index contributed by atoms with van der Waals surface area (Å²) in [5, 5.41) is 1.71. The van der Waals surface area contributed by atoms with Gasteiger partial charge in [-0.3, -0.25) is 14.4 Å². The van der Waals surface area contributed by atoms with Crippen molar-refractivity contribution < 1.29 is 19.2 Å². The summed E-state index contributed by atoms with van der Waals surface area (Å²) in [5.74, 6) is 0.0559. The van der Waals surface area contributed by atoms with Gasteiger partial charge in [-0.05, 0) is 55.8 Å². The van der Waals surface area contributed by atoms with Crippen LogP contribution in [0.15, 0.2) is 84.9 Å². The van der Waals surface area contributed by atoms with Gasteiger partial charge in [-0.2, -0.15) is 0 Å². The minimum absolute atomic E-state index is 0.274. The van der Waals surface area contributed by atoms with Gasteiger partial charge in [0.25, 0.3) is 5.91 Å². The van der Waals surface area contributed by atoms with Crippen LogP contribution in [-0.4, -0.2) is 24.5 Å². The number of ether oxygens (including phenoxy) is 1. The van der Waals surface area contributed by atoms with Crippen LogP contribution in [0.4, 0.5) is 11.4 Å². The first-order valence-electron chi connectivity index (χ1n) is 10.7. The summed E-state index contributed by atoms with van der Waals surface area (Å²) in [5.41, 5.74) is 1.13. The van der Waals surface area contributed by atoms with Crippen molar-refractivity contribution in [2.24, 2.45) is 5.41 Å². The average molecular weight is 428 g/mol. The van der Waals surface area contributed by atoms with E-state index in [4.69, 9.17) is 9.57 Å². The molecular weight excluding hydrogens is 404 g/mol. The summed E-state index contributed by atoms with van der Waals surface area (Å²) in [4.78, 5) is 34.8. The van der Waals surface area contributed by atoms with E-state index in [-0.39, 0.29) is 11.8 Å². The fraction of sp³-hybridized carbons (Fsp3) is 0.231. The van der Waals surface area contributed by atoms with E-state index in [1.807, 2.05) is 74.5 Å². The average Bonchev–Trinajstić information content (AvgIpc) is 3.24. The van der Waals surface area contributed by atoms with Gasteiger partial charge in [-0.15, -0.1) is 0 Å². The number of amides is 2. The van der Waals surface area contributed by atoms with Crippen molar-refractivity contribution in [3.8, 4) is 5.75 Å². The molecule has 5 rings (SSSR count). The molecule has 162 valence electrons. The summed E-state index contributed by atoms with van der Waals surface area (Å²) in [6, 6.07) is 25.8. The Morgan fingerprint density at radius 2 is 1.50 bits per heavy atom. The van der Waals surface area contributed by atoms with Gasteiger partial charge in [0.05, 0.1) is 24.0 Å². The smallest absolute Gasteiger partial charge is 0.266 e. The maximum atomic E-state index is 13.9. The van der Waals surface area contributed by atoms with Crippen LogP contribution in [-0.2, 0) is 14.4 Å². The highest BCUT2D eigenvalue weighted by Crippen LogP contribution is 2.55. The summed E-state index contributed by atoms with van der Waals surface area (Å²) < 4.78 is 5.49. The lowest BCUT2D eigenvalue weighted by Gasteiger charge is -2.32. The molecule has 2 saturated heterocycles. The maximum absolute atomic E-state index is 13.9.